The van der Waals surface area contributed by atoms with Gasteiger partial charge in [0.25, 0.3) is 0 Å². The lowest BCUT2D eigenvalue weighted by atomic mass is 10.3. The van der Waals surface area contributed by atoms with Crippen LogP contribution in [0.1, 0.15) is 6.92 Å². The molecule has 0 bridgehead atoms. The van der Waals surface area contributed by atoms with E-state index in [1.54, 1.807) is 18.2 Å². The Morgan fingerprint density at radius 1 is 0.938 bits per heavy atom. The molecule has 0 spiro atoms. The van der Waals surface area contributed by atoms with Crippen molar-refractivity contribution in [2.24, 2.45) is 0 Å². The van der Waals surface area contributed by atoms with E-state index in [-0.39, 0.29) is 0 Å². The minimum atomic E-state index is 0.902. The Morgan fingerprint density at radius 3 is 2.19 bits per heavy atom. The van der Waals surface area contributed by atoms with E-state index >= 15 is 0 Å². The van der Waals surface area contributed by atoms with Crippen LogP contribution in [0, 0.1) is 0 Å². The molecule has 0 saturated heterocycles. The third kappa shape index (κ3) is 6.44. The van der Waals surface area contributed by atoms with Crippen LogP contribution in [0.4, 0.5) is 0 Å². The zero-order valence-corrected chi connectivity index (χ0v) is 9.82. The van der Waals surface area contributed by atoms with Gasteiger partial charge in [0.1, 0.15) is 0 Å². The fourth-order valence-corrected chi connectivity index (χ4v) is 0.965. The van der Waals surface area contributed by atoms with Gasteiger partial charge in [0.2, 0.25) is 0 Å². The first-order valence-corrected chi connectivity index (χ1v) is 5.12. The van der Waals surface area contributed by atoms with Crippen LogP contribution in [0.15, 0.2) is 85.8 Å². The van der Waals surface area contributed by atoms with Gasteiger partial charge in [-0.25, -0.2) is 0 Å². The lowest BCUT2D eigenvalue weighted by molar-refractivity contribution is 1.05. The second kappa shape index (κ2) is 9.53. The average Bonchev–Trinajstić information content (AvgIpc) is 2.31. The molecular weight excluding hydrogens is 194 g/mol. The van der Waals surface area contributed by atoms with Gasteiger partial charge in [-0.15, -0.1) is 0 Å². The van der Waals surface area contributed by atoms with Crippen molar-refractivity contribution in [3.63, 3.8) is 0 Å². The van der Waals surface area contributed by atoms with Crippen LogP contribution >= 0.6 is 0 Å². The van der Waals surface area contributed by atoms with Gasteiger partial charge >= 0.3 is 0 Å². The summed E-state index contributed by atoms with van der Waals surface area (Å²) in [6.07, 6.45) is 16.8. The molecule has 84 valence electrons. The molecule has 0 aromatic heterocycles. The first-order valence-electron chi connectivity index (χ1n) is 5.12. The highest BCUT2D eigenvalue weighted by atomic mass is 14.9. The van der Waals surface area contributed by atoms with Crippen LogP contribution in [0.3, 0.4) is 0 Å². The molecule has 0 aromatic carbocycles. The summed E-state index contributed by atoms with van der Waals surface area (Å²) in [5.74, 6) is 0. The van der Waals surface area contributed by atoms with E-state index in [4.69, 9.17) is 0 Å². The number of rotatable bonds is 7. The van der Waals surface area contributed by atoms with Gasteiger partial charge in [-0.3, -0.25) is 0 Å². The van der Waals surface area contributed by atoms with Gasteiger partial charge in [-0.1, -0.05) is 50.1 Å². The van der Waals surface area contributed by atoms with Crippen molar-refractivity contribution in [3.8, 4) is 0 Å². The summed E-state index contributed by atoms with van der Waals surface area (Å²) >= 11 is 0. The summed E-state index contributed by atoms with van der Waals surface area (Å²) in [6.45, 7) is 13.0. The van der Waals surface area contributed by atoms with Crippen molar-refractivity contribution in [1.29, 1.82) is 0 Å². The third-order valence-electron chi connectivity index (χ3n) is 1.69. The minimum Gasteiger partial charge on any atom is -0.356 e. The van der Waals surface area contributed by atoms with Crippen LogP contribution < -0.4 is 5.32 Å². The average molecular weight is 213 g/mol. The zero-order chi connectivity index (χ0) is 12.2. The molecule has 0 aliphatic heterocycles. The molecule has 0 atom stereocenters. The largest absolute Gasteiger partial charge is 0.356 e. The summed E-state index contributed by atoms with van der Waals surface area (Å²) in [5, 5.41) is 3.22. The van der Waals surface area contributed by atoms with Gasteiger partial charge in [-0.05, 0) is 31.2 Å². The summed E-state index contributed by atoms with van der Waals surface area (Å²) in [4.78, 5) is 0. The van der Waals surface area contributed by atoms with E-state index in [0.29, 0.717) is 0 Å². The van der Waals surface area contributed by atoms with Crippen molar-refractivity contribution in [3.05, 3.63) is 85.8 Å². The second-order valence-corrected chi connectivity index (χ2v) is 2.93. The molecule has 16 heavy (non-hydrogen) atoms. The van der Waals surface area contributed by atoms with Crippen LogP contribution in [0.25, 0.3) is 0 Å². The van der Waals surface area contributed by atoms with Crippen molar-refractivity contribution in [2.75, 3.05) is 0 Å². The van der Waals surface area contributed by atoms with Crippen LogP contribution in [0.5, 0.6) is 0 Å². The molecule has 0 saturated carbocycles. The Morgan fingerprint density at radius 2 is 1.69 bits per heavy atom. The summed E-state index contributed by atoms with van der Waals surface area (Å²) in [6, 6.07) is 0. The van der Waals surface area contributed by atoms with Gasteiger partial charge in [0, 0.05) is 11.4 Å². The molecule has 0 amide bonds. The van der Waals surface area contributed by atoms with Gasteiger partial charge < -0.3 is 5.32 Å². The highest BCUT2D eigenvalue weighted by Gasteiger charge is 1.91. The summed E-state index contributed by atoms with van der Waals surface area (Å²) in [5.41, 5.74) is 1.87. The smallest absolute Gasteiger partial charge is 0.0384 e. The predicted molar refractivity (Wildman–Crippen MR) is 73.8 cm³/mol. The molecule has 1 heteroatoms. The molecule has 1 nitrogen and oxygen atoms in total. The van der Waals surface area contributed by atoms with Crippen molar-refractivity contribution >= 4 is 0 Å². The Balaban J connectivity index is 4.84. The maximum atomic E-state index is 3.73. The molecule has 0 aliphatic carbocycles. The molecule has 0 radical (unpaired) electrons. The molecular formula is C15H19N. The van der Waals surface area contributed by atoms with Crippen molar-refractivity contribution < 1.29 is 0 Å². The lowest BCUT2D eigenvalue weighted by Crippen LogP contribution is -2.09. The highest BCUT2D eigenvalue weighted by Crippen LogP contribution is 2.00. The van der Waals surface area contributed by atoms with Crippen LogP contribution in [0.2, 0.25) is 0 Å². The molecule has 0 aliphatic rings. The van der Waals surface area contributed by atoms with E-state index < -0.39 is 0 Å². The molecule has 0 rings (SSSR count). The van der Waals surface area contributed by atoms with E-state index in [9.17, 15) is 0 Å². The second-order valence-electron chi connectivity index (χ2n) is 2.93. The fraction of sp³-hybridized carbons (Fsp3) is 0.0667. The minimum absolute atomic E-state index is 0.902. The van der Waals surface area contributed by atoms with Crippen LogP contribution in [-0.4, -0.2) is 0 Å². The molecule has 0 heterocycles. The predicted octanol–water partition coefficient (Wildman–Crippen LogP) is 4.03. The SMILES string of the molecule is C=C\C=C/C(=C\C=C/C)N/C(C=C)=C/C=C. The lowest BCUT2D eigenvalue weighted by Gasteiger charge is -2.06. The van der Waals surface area contributed by atoms with Gasteiger partial charge in [0.15, 0.2) is 0 Å². The first-order chi connectivity index (χ1) is 7.78. The number of hydrogen-bond acceptors (Lipinski definition) is 1. The van der Waals surface area contributed by atoms with E-state index in [2.05, 4.69) is 25.1 Å². The van der Waals surface area contributed by atoms with E-state index in [0.717, 1.165) is 11.4 Å². The summed E-state index contributed by atoms with van der Waals surface area (Å²) < 4.78 is 0. The molecule has 0 unspecified atom stereocenters. The van der Waals surface area contributed by atoms with Crippen LogP contribution in [-0.2, 0) is 0 Å². The van der Waals surface area contributed by atoms with Crippen molar-refractivity contribution in [1.82, 2.24) is 5.32 Å². The number of allylic oxidation sites excluding steroid dienone is 9. The molecule has 0 aromatic rings. The van der Waals surface area contributed by atoms with E-state index in [1.165, 1.54) is 0 Å². The standard InChI is InChI=1S/C15H19N/c1-5-9-12-15(13-10-6-2)16-14(8-4)11-7-3/h5-13,16H,1,3-4H2,2H3/b10-6-,12-9-,14-11+,15-13+. The zero-order valence-electron chi connectivity index (χ0n) is 9.82. The summed E-state index contributed by atoms with van der Waals surface area (Å²) in [7, 11) is 0. The Labute approximate surface area is 98.6 Å². The maximum absolute atomic E-state index is 3.73. The molecule has 1 N–H and O–H groups in total. The topological polar surface area (TPSA) is 12.0 Å². The first kappa shape index (κ1) is 14.0. The fourth-order valence-electron chi connectivity index (χ4n) is 0.965. The van der Waals surface area contributed by atoms with Gasteiger partial charge in [0.05, 0.1) is 0 Å². The number of hydrogen-bond donors (Lipinski definition) is 1. The third-order valence-corrected chi connectivity index (χ3v) is 1.69. The Hall–Kier alpha value is -2.02. The molecule has 0 fully saturated rings. The van der Waals surface area contributed by atoms with Gasteiger partial charge in [-0.2, -0.15) is 0 Å². The highest BCUT2D eigenvalue weighted by molar-refractivity contribution is 5.31. The number of nitrogens with one attached hydrogen (secondary N) is 1. The maximum Gasteiger partial charge on any atom is 0.0384 e. The van der Waals surface area contributed by atoms with E-state index in [1.807, 2.05) is 43.4 Å². The Kier molecular flexibility index (Phi) is 8.33. The Bertz CT molecular complexity index is 352. The normalized spacial score (nSPS) is 13.1. The monoisotopic (exact) mass is 213 g/mol. The van der Waals surface area contributed by atoms with Crippen molar-refractivity contribution in [2.45, 2.75) is 6.92 Å². The quantitative estimate of drug-likeness (QED) is 0.629.